The van der Waals surface area contributed by atoms with Crippen LogP contribution in [0, 0.1) is 0 Å². The molecule has 1 aliphatic rings. The molecule has 1 amide bonds. The van der Waals surface area contributed by atoms with E-state index in [0.717, 1.165) is 30.8 Å². The standard InChI is InChI=1S/C24H28N4O/c1-24(2,3)25-22(29)16-28-14-13-21-20(15-28)23(27-26-21)19-11-9-18(10-12-19)17-7-5-4-6-8-17/h4-12H,13-16H2,1-3H3,(H,25,29)(H,26,27). The fraction of sp³-hybridized carbons (Fsp3) is 0.333. The fourth-order valence-corrected chi connectivity index (χ4v) is 3.84. The quantitative estimate of drug-likeness (QED) is 0.710. The predicted octanol–water partition coefficient (Wildman–Crippen LogP) is 4.02. The Balaban J connectivity index is 1.51. The highest BCUT2D eigenvalue weighted by atomic mass is 16.2. The number of amides is 1. The highest BCUT2D eigenvalue weighted by Crippen LogP contribution is 2.30. The van der Waals surface area contributed by atoms with E-state index in [1.807, 2.05) is 26.8 Å². The Morgan fingerprint density at radius 2 is 1.69 bits per heavy atom. The molecule has 2 heterocycles. The van der Waals surface area contributed by atoms with Crippen LogP contribution in [0.3, 0.4) is 0 Å². The van der Waals surface area contributed by atoms with Gasteiger partial charge in [-0.1, -0.05) is 54.6 Å². The van der Waals surface area contributed by atoms with Gasteiger partial charge in [-0.05, 0) is 31.9 Å². The van der Waals surface area contributed by atoms with Crippen molar-refractivity contribution in [3.63, 3.8) is 0 Å². The minimum atomic E-state index is -0.209. The van der Waals surface area contributed by atoms with E-state index in [0.29, 0.717) is 6.54 Å². The van der Waals surface area contributed by atoms with Gasteiger partial charge < -0.3 is 5.32 Å². The summed E-state index contributed by atoms with van der Waals surface area (Å²) in [6, 6.07) is 18.9. The second kappa shape index (κ2) is 7.84. The zero-order valence-corrected chi connectivity index (χ0v) is 17.3. The van der Waals surface area contributed by atoms with E-state index >= 15 is 0 Å². The van der Waals surface area contributed by atoms with Crippen LogP contribution < -0.4 is 5.32 Å². The number of aromatic amines is 1. The highest BCUT2D eigenvalue weighted by Gasteiger charge is 2.25. The second-order valence-corrected chi connectivity index (χ2v) is 8.73. The van der Waals surface area contributed by atoms with Gasteiger partial charge in [-0.15, -0.1) is 0 Å². The number of fused-ring (bicyclic) bond motifs is 1. The van der Waals surface area contributed by atoms with Crippen LogP contribution in [-0.4, -0.2) is 39.6 Å². The van der Waals surface area contributed by atoms with E-state index in [4.69, 9.17) is 0 Å². The van der Waals surface area contributed by atoms with Crippen molar-refractivity contribution >= 4 is 5.91 Å². The first-order valence-electron chi connectivity index (χ1n) is 10.1. The molecule has 0 fully saturated rings. The Labute approximate surface area is 172 Å². The fourth-order valence-electron chi connectivity index (χ4n) is 3.84. The van der Waals surface area contributed by atoms with Crippen molar-refractivity contribution in [3.05, 3.63) is 65.9 Å². The zero-order chi connectivity index (χ0) is 20.4. The summed E-state index contributed by atoms with van der Waals surface area (Å²) in [6.07, 6.45) is 0.882. The molecule has 1 aromatic heterocycles. The molecule has 5 heteroatoms. The molecule has 0 bridgehead atoms. The lowest BCUT2D eigenvalue weighted by Gasteiger charge is -2.28. The van der Waals surface area contributed by atoms with E-state index in [9.17, 15) is 4.79 Å². The van der Waals surface area contributed by atoms with Crippen LogP contribution in [0.4, 0.5) is 0 Å². The van der Waals surface area contributed by atoms with Gasteiger partial charge in [0, 0.05) is 41.9 Å². The molecular weight excluding hydrogens is 360 g/mol. The van der Waals surface area contributed by atoms with Crippen LogP contribution in [-0.2, 0) is 17.8 Å². The molecule has 3 aromatic rings. The summed E-state index contributed by atoms with van der Waals surface area (Å²) in [7, 11) is 0. The van der Waals surface area contributed by atoms with Crippen LogP contribution in [0.15, 0.2) is 54.6 Å². The van der Waals surface area contributed by atoms with Crippen LogP contribution in [0.25, 0.3) is 22.4 Å². The van der Waals surface area contributed by atoms with Crippen LogP contribution in [0.1, 0.15) is 32.0 Å². The number of nitrogens with zero attached hydrogens (tertiary/aromatic N) is 2. The highest BCUT2D eigenvalue weighted by molar-refractivity contribution is 5.79. The van der Waals surface area contributed by atoms with Gasteiger partial charge in [-0.25, -0.2) is 0 Å². The minimum absolute atomic E-state index is 0.0678. The molecule has 2 aromatic carbocycles. The summed E-state index contributed by atoms with van der Waals surface area (Å²) in [4.78, 5) is 14.5. The summed E-state index contributed by atoms with van der Waals surface area (Å²) in [6.45, 7) is 8.03. The molecule has 1 aliphatic heterocycles. The van der Waals surface area contributed by atoms with Crippen molar-refractivity contribution in [1.82, 2.24) is 20.4 Å². The molecule has 0 radical (unpaired) electrons. The van der Waals surface area contributed by atoms with Crippen molar-refractivity contribution in [2.75, 3.05) is 13.1 Å². The van der Waals surface area contributed by atoms with Crippen LogP contribution >= 0.6 is 0 Å². The molecular formula is C24H28N4O. The number of carbonyl (C=O) groups is 1. The number of benzene rings is 2. The average molecular weight is 389 g/mol. The molecule has 2 N–H and O–H groups in total. The van der Waals surface area contributed by atoms with Gasteiger partial charge >= 0.3 is 0 Å². The SMILES string of the molecule is CC(C)(C)NC(=O)CN1CCc2[nH]nc(-c3ccc(-c4ccccc4)cc3)c2C1. The first-order valence-corrected chi connectivity index (χ1v) is 10.1. The molecule has 4 rings (SSSR count). The molecule has 0 aliphatic carbocycles. The summed E-state index contributed by atoms with van der Waals surface area (Å²) in [5, 5.41) is 10.8. The van der Waals surface area contributed by atoms with E-state index in [2.05, 4.69) is 68.9 Å². The first kappa shape index (κ1) is 19.4. The van der Waals surface area contributed by atoms with E-state index < -0.39 is 0 Å². The maximum atomic E-state index is 12.3. The Morgan fingerprint density at radius 3 is 2.38 bits per heavy atom. The van der Waals surface area contributed by atoms with Crippen molar-refractivity contribution in [3.8, 4) is 22.4 Å². The molecule has 0 saturated carbocycles. The molecule has 29 heavy (non-hydrogen) atoms. The Morgan fingerprint density at radius 1 is 1.03 bits per heavy atom. The lowest BCUT2D eigenvalue weighted by atomic mass is 9.98. The molecule has 5 nitrogen and oxygen atoms in total. The Bertz CT molecular complexity index is 984. The van der Waals surface area contributed by atoms with Crippen molar-refractivity contribution in [2.45, 2.75) is 39.3 Å². The summed E-state index contributed by atoms with van der Waals surface area (Å²) in [5.41, 5.74) is 6.66. The van der Waals surface area contributed by atoms with Gasteiger partial charge in [0.05, 0.1) is 12.2 Å². The van der Waals surface area contributed by atoms with Gasteiger partial charge in [0.1, 0.15) is 0 Å². The number of H-pyrrole nitrogens is 1. The van der Waals surface area contributed by atoms with Crippen molar-refractivity contribution in [1.29, 1.82) is 0 Å². The number of nitrogens with one attached hydrogen (secondary N) is 2. The van der Waals surface area contributed by atoms with Crippen LogP contribution in [0.5, 0.6) is 0 Å². The van der Waals surface area contributed by atoms with E-state index in [-0.39, 0.29) is 11.4 Å². The number of hydrogen-bond donors (Lipinski definition) is 2. The average Bonchev–Trinajstić information content (AvgIpc) is 3.10. The lowest BCUT2D eigenvalue weighted by Crippen LogP contribution is -2.46. The Kier molecular flexibility index (Phi) is 5.24. The molecule has 0 atom stereocenters. The van der Waals surface area contributed by atoms with Crippen molar-refractivity contribution in [2.24, 2.45) is 0 Å². The normalized spacial score (nSPS) is 14.4. The largest absolute Gasteiger partial charge is 0.350 e. The molecule has 0 spiro atoms. The summed E-state index contributed by atoms with van der Waals surface area (Å²) < 4.78 is 0. The van der Waals surface area contributed by atoms with Crippen molar-refractivity contribution < 1.29 is 4.79 Å². The topological polar surface area (TPSA) is 61.0 Å². The third kappa shape index (κ3) is 4.57. The predicted molar refractivity (Wildman–Crippen MR) is 116 cm³/mol. The van der Waals surface area contributed by atoms with Gasteiger partial charge in [0.2, 0.25) is 5.91 Å². The maximum absolute atomic E-state index is 12.3. The maximum Gasteiger partial charge on any atom is 0.234 e. The molecule has 0 saturated heterocycles. The van der Waals surface area contributed by atoms with Gasteiger partial charge in [-0.3, -0.25) is 14.8 Å². The smallest absolute Gasteiger partial charge is 0.234 e. The van der Waals surface area contributed by atoms with Gasteiger partial charge in [-0.2, -0.15) is 5.10 Å². The lowest BCUT2D eigenvalue weighted by molar-refractivity contribution is -0.123. The van der Waals surface area contributed by atoms with E-state index in [1.54, 1.807) is 0 Å². The summed E-state index contributed by atoms with van der Waals surface area (Å²) >= 11 is 0. The Hall–Kier alpha value is -2.92. The third-order valence-corrected chi connectivity index (χ3v) is 5.16. The first-order chi connectivity index (χ1) is 13.9. The number of rotatable bonds is 4. The van der Waals surface area contributed by atoms with Gasteiger partial charge in [0.25, 0.3) is 0 Å². The number of carbonyl (C=O) groups excluding carboxylic acids is 1. The third-order valence-electron chi connectivity index (χ3n) is 5.16. The minimum Gasteiger partial charge on any atom is -0.350 e. The van der Waals surface area contributed by atoms with Crippen LogP contribution in [0.2, 0.25) is 0 Å². The molecule has 0 unspecified atom stereocenters. The second-order valence-electron chi connectivity index (χ2n) is 8.73. The number of hydrogen-bond acceptors (Lipinski definition) is 3. The van der Waals surface area contributed by atoms with E-state index in [1.165, 1.54) is 22.4 Å². The molecule has 150 valence electrons. The monoisotopic (exact) mass is 388 g/mol. The number of aromatic nitrogens is 2. The zero-order valence-electron chi connectivity index (χ0n) is 17.3. The van der Waals surface area contributed by atoms with Gasteiger partial charge in [0.15, 0.2) is 0 Å². The summed E-state index contributed by atoms with van der Waals surface area (Å²) in [5.74, 6) is 0.0678.